The molecule has 0 aliphatic carbocycles. The third-order valence-corrected chi connectivity index (χ3v) is 3.18. The highest BCUT2D eigenvalue weighted by molar-refractivity contribution is 5.74. The normalized spacial score (nSPS) is 11.6. The second-order valence-electron chi connectivity index (χ2n) is 6.54. The zero-order chi connectivity index (χ0) is 16.8. The second kappa shape index (κ2) is 8.15. The van der Waals surface area contributed by atoms with Gasteiger partial charge in [0.2, 0.25) is 0 Å². The number of amides is 2. The molecule has 0 radical (unpaired) electrons. The lowest BCUT2D eigenvalue weighted by Crippen LogP contribution is -2.46. The molecule has 0 spiro atoms. The van der Waals surface area contributed by atoms with E-state index in [1.165, 1.54) is 5.56 Å². The van der Waals surface area contributed by atoms with Gasteiger partial charge in [-0.1, -0.05) is 24.3 Å². The summed E-state index contributed by atoms with van der Waals surface area (Å²) in [4.78, 5) is 15.9. The molecule has 1 rings (SSSR count). The molecule has 5 heteroatoms. The van der Waals surface area contributed by atoms with Gasteiger partial charge in [-0.05, 0) is 46.0 Å². The maximum atomic E-state index is 12.2. The van der Waals surface area contributed by atoms with Gasteiger partial charge in [-0.15, -0.1) is 0 Å². The van der Waals surface area contributed by atoms with Crippen molar-refractivity contribution in [2.45, 2.75) is 39.5 Å². The summed E-state index contributed by atoms with van der Waals surface area (Å²) in [5.41, 5.74) is 1.41. The maximum absolute atomic E-state index is 12.2. The molecule has 0 fully saturated rings. The average molecular weight is 307 g/mol. The molecule has 0 saturated heterocycles. The van der Waals surface area contributed by atoms with E-state index in [-0.39, 0.29) is 6.03 Å². The molecule has 0 aliphatic heterocycles. The molecule has 1 aromatic carbocycles. The molecule has 0 heterocycles. The van der Waals surface area contributed by atoms with Crippen LogP contribution in [0.2, 0.25) is 0 Å². The van der Waals surface area contributed by atoms with E-state index < -0.39 is 5.60 Å². The summed E-state index contributed by atoms with van der Waals surface area (Å²) in [5, 5.41) is 12.8. The number of nitrogens with one attached hydrogen (secondary N) is 1. The molecule has 0 saturated carbocycles. The van der Waals surface area contributed by atoms with E-state index in [1.807, 2.05) is 33.2 Å². The minimum absolute atomic E-state index is 0.150. The molecule has 0 aliphatic rings. The third-order valence-electron chi connectivity index (χ3n) is 3.18. The number of carbonyl (C=O) groups is 1. The van der Waals surface area contributed by atoms with Crippen molar-refractivity contribution in [3.05, 3.63) is 35.4 Å². The lowest BCUT2D eigenvalue weighted by molar-refractivity contribution is 0.0480. The van der Waals surface area contributed by atoms with Crippen LogP contribution in [0.15, 0.2) is 24.3 Å². The number of hydrogen-bond acceptors (Lipinski definition) is 3. The van der Waals surface area contributed by atoms with Crippen molar-refractivity contribution < 1.29 is 9.90 Å². The highest BCUT2D eigenvalue weighted by Gasteiger charge is 2.20. The van der Waals surface area contributed by atoms with Crippen LogP contribution in [0.3, 0.4) is 0 Å². The first-order valence-corrected chi connectivity index (χ1v) is 7.69. The number of hydrogen-bond donors (Lipinski definition) is 2. The van der Waals surface area contributed by atoms with Gasteiger partial charge in [0, 0.05) is 19.6 Å². The zero-order valence-corrected chi connectivity index (χ0v) is 14.4. The van der Waals surface area contributed by atoms with Crippen molar-refractivity contribution in [3.63, 3.8) is 0 Å². The first kappa shape index (κ1) is 18.5. The van der Waals surface area contributed by atoms with Crippen LogP contribution in [0.4, 0.5) is 4.79 Å². The van der Waals surface area contributed by atoms with E-state index in [0.29, 0.717) is 19.6 Å². The summed E-state index contributed by atoms with van der Waals surface area (Å²) in [5.74, 6) is 0. The van der Waals surface area contributed by atoms with Crippen molar-refractivity contribution in [1.82, 2.24) is 15.1 Å². The minimum atomic E-state index is -0.890. The van der Waals surface area contributed by atoms with Crippen molar-refractivity contribution in [2.24, 2.45) is 0 Å². The van der Waals surface area contributed by atoms with Crippen LogP contribution in [0.1, 0.15) is 31.9 Å². The van der Waals surface area contributed by atoms with Crippen molar-refractivity contribution in [2.75, 3.05) is 27.2 Å². The van der Waals surface area contributed by atoms with Gasteiger partial charge in [0.25, 0.3) is 0 Å². The second-order valence-corrected chi connectivity index (χ2v) is 6.54. The van der Waals surface area contributed by atoms with Crippen molar-refractivity contribution >= 4 is 6.03 Å². The van der Waals surface area contributed by atoms with Crippen molar-refractivity contribution in [3.8, 4) is 0 Å². The lowest BCUT2D eigenvalue weighted by atomic mass is 10.1. The minimum Gasteiger partial charge on any atom is -0.389 e. The molecule has 0 unspecified atom stereocenters. The first-order chi connectivity index (χ1) is 10.2. The van der Waals surface area contributed by atoms with E-state index in [9.17, 15) is 9.90 Å². The van der Waals surface area contributed by atoms with E-state index in [2.05, 4.69) is 22.3 Å². The van der Waals surface area contributed by atoms with Crippen LogP contribution in [-0.2, 0) is 13.1 Å². The van der Waals surface area contributed by atoms with Gasteiger partial charge < -0.3 is 20.2 Å². The Morgan fingerprint density at radius 3 is 2.45 bits per heavy atom. The molecular weight excluding hydrogens is 278 g/mol. The Morgan fingerprint density at radius 1 is 1.27 bits per heavy atom. The molecule has 0 atom stereocenters. The van der Waals surface area contributed by atoms with E-state index in [0.717, 1.165) is 12.1 Å². The van der Waals surface area contributed by atoms with Crippen LogP contribution < -0.4 is 5.32 Å². The van der Waals surface area contributed by atoms with Crippen LogP contribution in [0, 0.1) is 0 Å². The topological polar surface area (TPSA) is 55.8 Å². The summed E-state index contributed by atoms with van der Waals surface area (Å²) < 4.78 is 0. The Labute approximate surface area is 133 Å². The largest absolute Gasteiger partial charge is 0.389 e. The molecule has 0 aromatic heterocycles. The molecule has 124 valence electrons. The molecule has 1 aromatic rings. The molecule has 0 bridgehead atoms. The van der Waals surface area contributed by atoms with Crippen LogP contribution in [0.5, 0.6) is 0 Å². The summed E-state index contributed by atoms with van der Waals surface area (Å²) >= 11 is 0. The summed E-state index contributed by atoms with van der Waals surface area (Å²) in [6.45, 7) is 7.56. The predicted molar refractivity (Wildman–Crippen MR) is 89.6 cm³/mol. The fraction of sp³-hybridized carbons (Fsp3) is 0.588. The Hall–Kier alpha value is -1.59. The summed E-state index contributed by atoms with van der Waals surface area (Å²) in [7, 11) is 4.06. The number of rotatable bonds is 7. The van der Waals surface area contributed by atoms with Crippen molar-refractivity contribution in [1.29, 1.82) is 0 Å². The molecular formula is C17H29N3O2. The standard InChI is InChI=1S/C17H29N3O2/c1-6-20(13-17(2,3)22)16(21)18-11-14-8-7-9-15(10-14)12-19(4)5/h7-10,22H,6,11-13H2,1-5H3,(H,18,21). The van der Waals surface area contributed by atoms with Gasteiger partial charge in [-0.25, -0.2) is 4.79 Å². The number of urea groups is 1. The van der Waals surface area contributed by atoms with Gasteiger partial charge in [-0.2, -0.15) is 0 Å². The highest BCUT2D eigenvalue weighted by Crippen LogP contribution is 2.08. The Kier molecular flexibility index (Phi) is 6.84. The predicted octanol–water partition coefficient (Wildman–Crippen LogP) is 2.05. The van der Waals surface area contributed by atoms with E-state index in [4.69, 9.17) is 0 Å². The summed E-state index contributed by atoms with van der Waals surface area (Å²) in [6.07, 6.45) is 0. The quantitative estimate of drug-likeness (QED) is 0.810. The molecule has 5 nitrogen and oxygen atoms in total. The van der Waals surface area contributed by atoms with Gasteiger partial charge in [0.1, 0.15) is 0 Å². The van der Waals surface area contributed by atoms with Crippen LogP contribution in [0.25, 0.3) is 0 Å². The number of nitrogens with zero attached hydrogens (tertiary/aromatic N) is 2. The maximum Gasteiger partial charge on any atom is 0.317 e. The van der Waals surface area contributed by atoms with Crippen LogP contribution >= 0.6 is 0 Å². The van der Waals surface area contributed by atoms with E-state index in [1.54, 1.807) is 18.7 Å². The molecule has 2 amide bonds. The Morgan fingerprint density at radius 2 is 1.91 bits per heavy atom. The molecule has 22 heavy (non-hydrogen) atoms. The Balaban J connectivity index is 2.59. The fourth-order valence-corrected chi connectivity index (χ4v) is 2.29. The third kappa shape index (κ3) is 6.91. The van der Waals surface area contributed by atoms with Gasteiger partial charge in [0.05, 0.1) is 12.1 Å². The Bertz CT molecular complexity index is 481. The first-order valence-electron chi connectivity index (χ1n) is 7.69. The van der Waals surface area contributed by atoms with Gasteiger partial charge >= 0.3 is 6.03 Å². The number of benzene rings is 1. The van der Waals surface area contributed by atoms with Gasteiger partial charge in [0.15, 0.2) is 0 Å². The number of aliphatic hydroxyl groups is 1. The van der Waals surface area contributed by atoms with Crippen LogP contribution in [-0.4, -0.2) is 53.7 Å². The number of carbonyl (C=O) groups excluding carboxylic acids is 1. The molecule has 2 N–H and O–H groups in total. The highest BCUT2D eigenvalue weighted by atomic mass is 16.3. The smallest absolute Gasteiger partial charge is 0.317 e. The fourth-order valence-electron chi connectivity index (χ4n) is 2.29. The SMILES string of the molecule is CCN(CC(C)(C)O)C(=O)NCc1cccc(CN(C)C)c1. The lowest BCUT2D eigenvalue weighted by Gasteiger charge is -2.28. The van der Waals surface area contributed by atoms with E-state index >= 15 is 0 Å². The van der Waals surface area contributed by atoms with Gasteiger partial charge in [-0.3, -0.25) is 0 Å². The average Bonchev–Trinajstić information content (AvgIpc) is 2.41. The number of likely N-dealkylation sites (N-methyl/N-ethyl adjacent to an activating group) is 1. The monoisotopic (exact) mass is 307 g/mol. The zero-order valence-electron chi connectivity index (χ0n) is 14.4. The summed E-state index contributed by atoms with van der Waals surface area (Å²) in [6, 6.07) is 8.05.